The van der Waals surface area contributed by atoms with Crippen molar-refractivity contribution in [2.45, 2.75) is 18.8 Å². The normalized spacial score (nSPS) is 12.4. The average Bonchev–Trinajstić information content (AvgIpc) is 3.11. The highest BCUT2D eigenvalue weighted by Crippen LogP contribution is 2.46. The fourth-order valence-corrected chi connectivity index (χ4v) is 6.83. The molecule has 52 heavy (non-hydrogen) atoms. The monoisotopic (exact) mass is 709 g/mol. The molecule has 6 nitrogen and oxygen atoms in total. The van der Waals surface area contributed by atoms with E-state index >= 15 is 0 Å². The lowest BCUT2D eigenvalue weighted by atomic mass is 9.87. The van der Waals surface area contributed by atoms with Gasteiger partial charge in [0.1, 0.15) is 11.2 Å². The molecule has 0 saturated heterocycles. The van der Waals surface area contributed by atoms with Gasteiger partial charge in [0, 0.05) is 37.9 Å². The lowest BCUT2D eigenvalue weighted by Crippen LogP contribution is -2.32. The molecule has 0 aliphatic heterocycles. The van der Waals surface area contributed by atoms with E-state index in [9.17, 15) is 45.8 Å². The summed E-state index contributed by atoms with van der Waals surface area (Å²) in [4.78, 5) is 40.1. The van der Waals surface area contributed by atoms with Crippen molar-refractivity contribution in [1.29, 1.82) is 0 Å². The van der Waals surface area contributed by atoms with E-state index in [0.29, 0.717) is 33.0 Å². The summed E-state index contributed by atoms with van der Waals surface area (Å²) in [5.41, 5.74) is -1.09. The second kappa shape index (κ2) is 11.6. The zero-order valence-corrected chi connectivity index (χ0v) is 26.4. The van der Waals surface area contributed by atoms with E-state index in [1.54, 1.807) is 24.3 Å². The van der Waals surface area contributed by atoms with Crippen LogP contribution in [0, 0.1) is 0 Å². The number of carbonyl (C=O) groups is 1. The summed E-state index contributed by atoms with van der Waals surface area (Å²) < 4.78 is 88.8. The summed E-state index contributed by atoms with van der Waals surface area (Å²) in [6.07, 6.45) is -9.53. The first-order valence-corrected chi connectivity index (χ1v) is 15.7. The predicted molar refractivity (Wildman–Crippen MR) is 184 cm³/mol. The van der Waals surface area contributed by atoms with E-state index in [1.165, 1.54) is 60.7 Å². The minimum atomic E-state index is -4.62. The van der Waals surface area contributed by atoms with Crippen molar-refractivity contribution in [3.8, 4) is 27.9 Å². The molecule has 0 saturated carbocycles. The third-order valence-corrected chi connectivity index (χ3v) is 9.19. The topological polar surface area (TPSA) is 89.5 Å². The number of hydrogen-bond acceptors (Lipinski definition) is 4. The summed E-state index contributed by atoms with van der Waals surface area (Å²) in [5.74, 6) is -1.08. The summed E-state index contributed by atoms with van der Waals surface area (Å²) in [6.45, 7) is 0. The van der Waals surface area contributed by atoms with Crippen molar-refractivity contribution in [1.82, 2.24) is 4.57 Å². The van der Waals surface area contributed by atoms with Crippen molar-refractivity contribution in [2.75, 3.05) is 0 Å². The maximum atomic E-state index is 14.4. The number of nitrogens with zero attached hydrogens (tertiary/aromatic N) is 1. The molecule has 0 unspecified atom stereocenters. The largest absolute Gasteiger partial charge is 0.481 e. The van der Waals surface area contributed by atoms with Gasteiger partial charge in [0.15, 0.2) is 0 Å². The summed E-state index contributed by atoms with van der Waals surface area (Å²) in [5, 5.41) is 10.7. The molecule has 0 aliphatic rings. The molecule has 0 radical (unpaired) electrons. The number of para-hydroxylation sites is 1. The van der Waals surface area contributed by atoms with E-state index in [1.807, 2.05) is 0 Å². The highest BCUT2D eigenvalue weighted by molar-refractivity contribution is 6.32. The SMILES string of the molecule is O=C(O)Cc1ccc(-n2c(=O)c3cc(-c4ccc(C(F)(F)F)cc4)c4oc5ccccc5c5c(-c6ccc(C(F)(F)F)cc6)cc(c2=O)c3c45)cc1. The quantitative estimate of drug-likeness (QED) is 0.109. The van der Waals surface area contributed by atoms with Gasteiger partial charge in [-0.15, -0.1) is 0 Å². The van der Waals surface area contributed by atoms with Crippen LogP contribution in [0.5, 0.6) is 0 Å². The van der Waals surface area contributed by atoms with Crippen molar-refractivity contribution < 1.29 is 40.7 Å². The van der Waals surface area contributed by atoms with Crippen LogP contribution in [0.4, 0.5) is 26.3 Å². The van der Waals surface area contributed by atoms with Crippen LogP contribution in [-0.4, -0.2) is 15.6 Å². The van der Waals surface area contributed by atoms with E-state index < -0.39 is 40.6 Å². The van der Waals surface area contributed by atoms with E-state index in [0.717, 1.165) is 28.8 Å². The van der Waals surface area contributed by atoms with Crippen molar-refractivity contribution in [2.24, 2.45) is 0 Å². The maximum absolute atomic E-state index is 14.4. The Morgan fingerprint density at radius 1 is 0.615 bits per heavy atom. The molecule has 2 aromatic heterocycles. The molecule has 0 amide bonds. The van der Waals surface area contributed by atoms with Crippen LogP contribution in [0.1, 0.15) is 16.7 Å². The number of halogens is 6. The van der Waals surface area contributed by atoms with Gasteiger partial charge in [0.05, 0.1) is 23.2 Å². The highest BCUT2D eigenvalue weighted by Gasteiger charge is 2.32. The van der Waals surface area contributed by atoms with Gasteiger partial charge >= 0.3 is 18.3 Å². The Balaban J connectivity index is 1.54. The first kappa shape index (κ1) is 32.8. The number of carboxylic acids is 1. The molecule has 6 aromatic carbocycles. The van der Waals surface area contributed by atoms with Gasteiger partial charge in [-0.1, -0.05) is 54.6 Å². The van der Waals surface area contributed by atoms with Crippen molar-refractivity contribution in [3.05, 3.63) is 147 Å². The Kier molecular flexibility index (Phi) is 7.28. The van der Waals surface area contributed by atoms with Crippen LogP contribution in [0.25, 0.3) is 71.4 Å². The van der Waals surface area contributed by atoms with Gasteiger partial charge in [0.2, 0.25) is 0 Å². The van der Waals surface area contributed by atoms with Crippen LogP contribution >= 0.6 is 0 Å². The lowest BCUT2D eigenvalue weighted by Gasteiger charge is -2.20. The van der Waals surface area contributed by atoms with Gasteiger partial charge in [-0.25, -0.2) is 4.57 Å². The van der Waals surface area contributed by atoms with E-state index in [4.69, 9.17) is 4.42 Å². The number of aliphatic carboxylic acids is 1. The smallest absolute Gasteiger partial charge is 0.416 e. The molecule has 0 aliphatic carbocycles. The zero-order valence-electron chi connectivity index (χ0n) is 26.4. The molecule has 1 N–H and O–H groups in total. The van der Waals surface area contributed by atoms with Gasteiger partial charge in [0.25, 0.3) is 11.1 Å². The number of carboxylic acid groups (broad SMARTS) is 1. The highest BCUT2D eigenvalue weighted by atomic mass is 19.4. The predicted octanol–water partition coefficient (Wildman–Crippen LogP) is 9.84. The summed E-state index contributed by atoms with van der Waals surface area (Å²) >= 11 is 0. The molecule has 0 fully saturated rings. The molecule has 8 aromatic rings. The summed E-state index contributed by atoms with van der Waals surface area (Å²) in [6, 6.07) is 24.3. The fourth-order valence-electron chi connectivity index (χ4n) is 6.83. The fraction of sp³-hybridized carbons (Fsp3) is 0.0750. The average molecular weight is 710 g/mol. The van der Waals surface area contributed by atoms with Gasteiger partial charge < -0.3 is 9.52 Å². The molecule has 0 spiro atoms. The first-order valence-electron chi connectivity index (χ1n) is 15.7. The Morgan fingerprint density at radius 3 is 1.67 bits per heavy atom. The molecule has 2 heterocycles. The molecular formula is C40H21F6NO5. The lowest BCUT2D eigenvalue weighted by molar-refractivity contribution is -0.138. The van der Waals surface area contributed by atoms with E-state index in [-0.39, 0.29) is 50.4 Å². The molecule has 0 atom stereocenters. The summed E-state index contributed by atoms with van der Waals surface area (Å²) in [7, 11) is 0. The molecule has 8 rings (SSSR count). The number of fused-ring (bicyclic) bond motifs is 2. The third-order valence-electron chi connectivity index (χ3n) is 9.19. The molecule has 12 heteroatoms. The number of alkyl halides is 6. The van der Waals surface area contributed by atoms with Crippen LogP contribution in [0.15, 0.2) is 123 Å². The zero-order chi connectivity index (χ0) is 36.7. The second-order valence-electron chi connectivity index (χ2n) is 12.3. The van der Waals surface area contributed by atoms with Gasteiger partial charge in [-0.3, -0.25) is 14.4 Å². The van der Waals surface area contributed by atoms with E-state index in [2.05, 4.69) is 0 Å². The van der Waals surface area contributed by atoms with Crippen molar-refractivity contribution >= 4 is 49.5 Å². The molecular weight excluding hydrogens is 688 g/mol. The third kappa shape index (κ3) is 5.26. The Morgan fingerprint density at radius 2 is 1.13 bits per heavy atom. The first-order chi connectivity index (χ1) is 24.7. The number of benzene rings is 6. The van der Waals surface area contributed by atoms with Gasteiger partial charge in [-0.05, 0) is 76.9 Å². The number of hydrogen-bond donors (Lipinski definition) is 1. The van der Waals surface area contributed by atoms with Crippen molar-refractivity contribution in [3.63, 3.8) is 0 Å². The van der Waals surface area contributed by atoms with Crippen LogP contribution < -0.4 is 11.1 Å². The minimum absolute atomic E-state index is 0.0288. The Bertz CT molecular complexity index is 2800. The number of aromatic nitrogens is 1. The molecule has 0 bridgehead atoms. The number of pyridine rings is 1. The minimum Gasteiger partial charge on any atom is -0.481 e. The number of rotatable bonds is 5. The Hall–Kier alpha value is -6.43. The van der Waals surface area contributed by atoms with Crippen LogP contribution in [0.3, 0.4) is 0 Å². The van der Waals surface area contributed by atoms with Gasteiger partial charge in [-0.2, -0.15) is 26.3 Å². The van der Waals surface area contributed by atoms with Crippen LogP contribution in [0.2, 0.25) is 0 Å². The van der Waals surface area contributed by atoms with Crippen LogP contribution in [-0.2, 0) is 23.6 Å². The standard InChI is InChI=1S/C40H21F6NO5/c41-39(42,43)23-11-7-21(8-12-23)27-18-29-34-30(38(51)47(37(29)50)25-15-5-20(6-16-25)17-32(48)49)19-28(22-9-13-24(14-10-22)40(44,45)46)36-35(34)33(27)26-3-1-2-4-31(26)52-36/h1-16,18-19H,17H2,(H,48,49). The maximum Gasteiger partial charge on any atom is 0.416 e. The molecule has 258 valence electrons. The second-order valence-corrected chi connectivity index (χ2v) is 12.3. The Labute approximate surface area is 287 Å².